The van der Waals surface area contributed by atoms with Gasteiger partial charge < -0.3 is 19.7 Å². The zero-order chi connectivity index (χ0) is 26.8. The van der Waals surface area contributed by atoms with E-state index in [1.54, 1.807) is 25.1 Å². The molecule has 36 heavy (non-hydrogen) atoms. The highest BCUT2D eigenvalue weighted by Crippen LogP contribution is 2.48. The topological polar surface area (TPSA) is 110 Å². The number of ketones is 2. The zero-order valence-corrected chi connectivity index (χ0v) is 22.2. The summed E-state index contributed by atoms with van der Waals surface area (Å²) >= 11 is 0. The quantitative estimate of drug-likeness (QED) is 0.321. The fourth-order valence-electron chi connectivity index (χ4n) is 5.17. The number of rotatable bonds is 8. The van der Waals surface area contributed by atoms with Crippen molar-refractivity contribution in [1.82, 2.24) is 0 Å². The van der Waals surface area contributed by atoms with Crippen molar-refractivity contribution in [1.29, 1.82) is 0 Å². The molecule has 0 amide bonds. The first-order chi connectivity index (χ1) is 16.8. The molecular weight excluding hydrogens is 460 g/mol. The van der Waals surface area contributed by atoms with Gasteiger partial charge in [0.25, 0.3) is 0 Å². The Hall–Kier alpha value is -3.09. The van der Waals surface area contributed by atoms with Gasteiger partial charge in [0.2, 0.25) is 0 Å². The highest BCUT2D eigenvalue weighted by molar-refractivity contribution is 6.05. The summed E-state index contributed by atoms with van der Waals surface area (Å²) in [5, 5.41) is 22.1. The predicted molar refractivity (Wildman–Crippen MR) is 136 cm³/mol. The van der Waals surface area contributed by atoms with E-state index in [0.29, 0.717) is 18.6 Å². The minimum absolute atomic E-state index is 0.0735. The summed E-state index contributed by atoms with van der Waals surface area (Å²) in [6.07, 6.45) is 1.88. The molecule has 0 fully saturated rings. The second kappa shape index (κ2) is 10.5. The molecule has 0 aromatic heterocycles. The number of Topliss-reactive ketones (excluding diaryl/α,β-unsaturated/α-hetero) is 2. The number of carbonyl (C=O) groups is 3. The molecule has 196 valence electrons. The van der Waals surface area contributed by atoms with Gasteiger partial charge in [-0.05, 0) is 41.9 Å². The third kappa shape index (κ3) is 6.00. The molecule has 0 unspecified atom stereocenters. The van der Waals surface area contributed by atoms with Crippen LogP contribution in [0.25, 0.3) is 0 Å². The molecule has 7 heteroatoms. The first kappa shape index (κ1) is 27.5. The molecule has 0 heterocycles. The van der Waals surface area contributed by atoms with Crippen molar-refractivity contribution in [2.75, 3.05) is 6.61 Å². The van der Waals surface area contributed by atoms with E-state index in [2.05, 4.69) is 0 Å². The van der Waals surface area contributed by atoms with Crippen LogP contribution in [0.2, 0.25) is 0 Å². The van der Waals surface area contributed by atoms with E-state index >= 15 is 0 Å². The first-order valence-corrected chi connectivity index (χ1v) is 12.7. The maximum absolute atomic E-state index is 13.4. The Kier molecular flexibility index (Phi) is 8.01. The van der Waals surface area contributed by atoms with Crippen LogP contribution in [-0.2, 0) is 14.4 Å². The second-order valence-electron chi connectivity index (χ2n) is 11.4. The highest BCUT2D eigenvalue weighted by Gasteiger charge is 2.43. The van der Waals surface area contributed by atoms with E-state index in [1.807, 2.05) is 34.6 Å². The summed E-state index contributed by atoms with van der Waals surface area (Å²) in [6, 6.07) is 4.86. The van der Waals surface area contributed by atoms with Crippen molar-refractivity contribution < 1.29 is 34.1 Å². The van der Waals surface area contributed by atoms with Crippen LogP contribution in [0.15, 0.2) is 40.9 Å². The number of hydrogen-bond donors (Lipinski definition) is 2. The average Bonchev–Trinajstić information content (AvgIpc) is 2.71. The molecule has 0 radical (unpaired) electrons. The van der Waals surface area contributed by atoms with Crippen molar-refractivity contribution in [3.05, 3.63) is 46.4 Å². The van der Waals surface area contributed by atoms with Gasteiger partial charge in [-0.2, -0.15) is 0 Å². The molecule has 1 aromatic carbocycles. The van der Waals surface area contributed by atoms with E-state index in [9.17, 15) is 24.6 Å². The third-order valence-electron chi connectivity index (χ3n) is 6.65. The molecule has 2 aliphatic carbocycles. The van der Waals surface area contributed by atoms with Gasteiger partial charge in [-0.3, -0.25) is 14.4 Å². The van der Waals surface area contributed by atoms with Gasteiger partial charge in [-0.25, -0.2) is 0 Å². The van der Waals surface area contributed by atoms with Crippen LogP contribution in [-0.4, -0.2) is 34.4 Å². The summed E-state index contributed by atoms with van der Waals surface area (Å²) in [4.78, 5) is 38.9. The minimum Gasteiger partial charge on any atom is -0.512 e. The summed E-state index contributed by atoms with van der Waals surface area (Å²) < 4.78 is 11.2. The van der Waals surface area contributed by atoms with E-state index in [0.717, 1.165) is 0 Å². The van der Waals surface area contributed by atoms with Crippen molar-refractivity contribution >= 4 is 17.5 Å². The van der Waals surface area contributed by atoms with E-state index < -0.39 is 22.7 Å². The Morgan fingerprint density at radius 2 is 1.42 bits per heavy atom. The fraction of sp³-hybridized carbons (Fsp3) is 0.552. The molecule has 0 spiro atoms. The zero-order valence-electron chi connectivity index (χ0n) is 22.2. The second-order valence-corrected chi connectivity index (χ2v) is 11.4. The highest BCUT2D eigenvalue weighted by atomic mass is 16.6. The Morgan fingerprint density at radius 3 is 1.86 bits per heavy atom. The first-order valence-electron chi connectivity index (χ1n) is 12.7. The lowest BCUT2D eigenvalue weighted by Crippen LogP contribution is -2.33. The molecule has 0 aliphatic heterocycles. The van der Waals surface area contributed by atoms with Gasteiger partial charge in [0.1, 0.15) is 11.5 Å². The van der Waals surface area contributed by atoms with E-state index in [1.165, 1.54) is 0 Å². The molecule has 0 bridgehead atoms. The molecule has 3 rings (SSSR count). The molecule has 2 aliphatic rings. The number of benzene rings is 1. The van der Waals surface area contributed by atoms with Crippen LogP contribution in [0.5, 0.6) is 11.5 Å². The monoisotopic (exact) mass is 498 g/mol. The van der Waals surface area contributed by atoms with Gasteiger partial charge in [-0.1, -0.05) is 40.7 Å². The van der Waals surface area contributed by atoms with Crippen LogP contribution in [0, 0.1) is 10.8 Å². The summed E-state index contributed by atoms with van der Waals surface area (Å²) in [5.41, 5.74) is -0.0852. The summed E-state index contributed by atoms with van der Waals surface area (Å²) in [7, 11) is 0. The number of allylic oxidation sites excluding steroid dienone is 4. The standard InChI is InChI=1S/C29H38O7/c1-7-9-24(34)36-22-11-10-17(12-23(22)35-8-2)25(26-18(30)13-28(3,4)14-19(26)31)27-20(32)15-29(5,6)16-21(27)33/h10-12,25,30,32H,7-9,13-16H2,1-6H3. The number of aliphatic hydroxyl groups excluding tert-OH is 2. The largest absolute Gasteiger partial charge is 0.512 e. The van der Waals surface area contributed by atoms with Gasteiger partial charge in [0.15, 0.2) is 23.1 Å². The molecule has 1 aromatic rings. The maximum atomic E-state index is 13.4. The number of hydrogen-bond acceptors (Lipinski definition) is 7. The lowest BCUT2D eigenvalue weighted by molar-refractivity contribution is -0.134. The SMILES string of the molecule is CCCC(=O)Oc1ccc(C(C2=C(O)CC(C)(C)CC2=O)C2=C(O)CC(C)(C)CC2=O)cc1OCC. The predicted octanol–water partition coefficient (Wildman–Crippen LogP) is 6.28. The van der Waals surface area contributed by atoms with Crippen molar-refractivity contribution in [3.8, 4) is 11.5 Å². The Labute approximate surface area is 213 Å². The van der Waals surface area contributed by atoms with Crippen molar-refractivity contribution in [2.24, 2.45) is 10.8 Å². The van der Waals surface area contributed by atoms with E-state index in [-0.39, 0.29) is 77.8 Å². The number of aliphatic hydroxyl groups is 2. The Bertz CT molecular complexity index is 1070. The lowest BCUT2D eigenvalue weighted by Gasteiger charge is -2.36. The average molecular weight is 499 g/mol. The number of esters is 1. The number of carbonyl (C=O) groups excluding carboxylic acids is 3. The van der Waals surface area contributed by atoms with Crippen LogP contribution < -0.4 is 9.47 Å². The molecule has 0 saturated carbocycles. The summed E-state index contributed by atoms with van der Waals surface area (Å²) in [5.74, 6) is -1.50. The molecule has 0 saturated heterocycles. The lowest BCUT2D eigenvalue weighted by atomic mass is 9.67. The Balaban J connectivity index is 2.21. The van der Waals surface area contributed by atoms with Crippen LogP contribution in [0.1, 0.15) is 91.5 Å². The van der Waals surface area contributed by atoms with Crippen LogP contribution in [0.3, 0.4) is 0 Å². The summed E-state index contributed by atoms with van der Waals surface area (Å²) in [6.45, 7) is 11.6. The van der Waals surface area contributed by atoms with Gasteiger partial charge in [-0.15, -0.1) is 0 Å². The molecule has 0 atom stereocenters. The number of ether oxygens (including phenoxy) is 2. The van der Waals surface area contributed by atoms with Gasteiger partial charge in [0.05, 0.1) is 6.61 Å². The van der Waals surface area contributed by atoms with Crippen LogP contribution in [0.4, 0.5) is 0 Å². The Morgan fingerprint density at radius 1 is 0.889 bits per heavy atom. The van der Waals surface area contributed by atoms with Crippen molar-refractivity contribution in [3.63, 3.8) is 0 Å². The van der Waals surface area contributed by atoms with Crippen molar-refractivity contribution in [2.45, 2.75) is 86.0 Å². The van der Waals surface area contributed by atoms with E-state index in [4.69, 9.17) is 9.47 Å². The maximum Gasteiger partial charge on any atom is 0.311 e. The molecule has 2 N–H and O–H groups in total. The minimum atomic E-state index is -0.961. The smallest absolute Gasteiger partial charge is 0.311 e. The third-order valence-corrected chi connectivity index (χ3v) is 6.65. The van der Waals surface area contributed by atoms with Crippen LogP contribution >= 0.6 is 0 Å². The van der Waals surface area contributed by atoms with Gasteiger partial charge in [0, 0.05) is 49.2 Å². The molecule has 7 nitrogen and oxygen atoms in total. The fourth-order valence-corrected chi connectivity index (χ4v) is 5.17. The normalized spacial score (nSPS) is 19.6. The van der Waals surface area contributed by atoms with Gasteiger partial charge >= 0.3 is 5.97 Å². The molecular formula is C29H38O7.